The van der Waals surface area contributed by atoms with Crippen LogP contribution in [0.1, 0.15) is 30.4 Å². The second-order valence-corrected chi connectivity index (χ2v) is 12.5. The Morgan fingerprint density at radius 2 is 1.44 bits per heavy atom. The van der Waals surface area contributed by atoms with Gasteiger partial charge >= 0.3 is 0 Å². The van der Waals surface area contributed by atoms with E-state index in [1.165, 1.54) is 0 Å². The molecule has 0 N–H and O–H groups in total. The van der Waals surface area contributed by atoms with Gasteiger partial charge in [0.2, 0.25) is 5.91 Å². The van der Waals surface area contributed by atoms with Gasteiger partial charge in [0.15, 0.2) is 0 Å². The van der Waals surface area contributed by atoms with Gasteiger partial charge in [0.1, 0.15) is 0 Å². The number of hydrogen-bond acceptors (Lipinski definition) is 1. The van der Waals surface area contributed by atoms with Crippen LogP contribution < -0.4 is 4.90 Å². The molecule has 132 valence electrons. The van der Waals surface area contributed by atoms with Gasteiger partial charge in [-0.3, -0.25) is 9.69 Å². The molecule has 2 aromatic rings. The number of nitrogens with zero attached hydrogens (tertiary/aromatic N) is 1. The van der Waals surface area contributed by atoms with Gasteiger partial charge in [0.05, 0.1) is 11.4 Å². The highest BCUT2D eigenvalue weighted by molar-refractivity contribution is 8.50. The van der Waals surface area contributed by atoms with Gasteiger partial charge in [-0.05, 0) is 54.4 Å². The number of rotatable bonds is 5. The van der Waals surface area contributed by atoms with Crippen molar-refractivity contribution in [2.24, 2.45) is 0 Å². The third kappa shape index (κ3) is 4.47. The minimum Gasteiger partial charge on any atom is -0.280 e. The van der Waals surface area contributed by atoms with Crippen LogP contribution in [-0.4, -0.2) is 24.2 Å². The van der Waals surface area contributed by atoms with E-state index in [-0.39, 0.29) is 5.91 Å². The number of fused-ring (bicyclic) bond motifs is 2. The average molecular weight is 374 g/mol. The first-order valence-electron chi connectivity index (χ1n) is 8.55. The molecule has 0 spiro atoms. The van der Waals surface area contributed by atoms with Gasteiger partial charge < -0.3 is 0 Å². The molecule has 4 heteroatoms. The summed E-state index contributed by atoms with van der Waals surface area (Å²) in [5, 5.41) is 0. The maximum Gasteiger partial charge on any atom is 0.231 e. The highest BCUT2D eigenvalue weighted by Gasteiger charge is 2.23. The zero-order chi connectivity index (χ0) is 17.9. The Morgan fingerprint density at radius 3 is 1.96 bits per heavy atom. The Kier molecular flexibility index (Phi) is 5.55. The third-order valence-corrected chi connectivity index (χ3v) is 6.04. The van der Waals surface area contributed by atoms with Crippen LogP contribution >= 0.6 is 19.9 Å². The number of benzene rings is 2. The van der Waals surface area contributed by atoms with Crippen molar-refractivity contribution in [2.45, 2.75) is 19.3 Å². The van der Waals surface area contributed by atoms with E-state index in [1.807, 2.05) is 41.3 Å². The number of para-hydroxylation sites is 2. The third-order valence-electron chi connectivity index (χ3n) is 4.32. The fourth-order valence-corrected chi connectivity index (χ4v) is 4.29. The van der Waals surface area contributed by atoms with Crippen molar-refractivity contribution in [2.75, 3.05) is 23.2 Å². The first-order chi connectivity index (χ1) is 12.0. The molecule has 0 saturated heterocycles. The Bertz CT molecular complexity index is 745. The maximum absolute atomic E-state index is 13.1. The summed E-state index contributed by atoms with van der Waals surface area (Å²) in [7, 11) is 5.32. The molecule has 0 radical (unpaired) electrons. The molecule has 0 bridgehead atoms. The van der Waals surface area contributed by atoms with E-state index in [9.17, 15) is 4.79 Å². The van der Waals surface area contributed by atoms with Crippen molar-refractivity contribution in [1.82, 2.24) is 0 Å². The molecule has 0 atom stereocenters. The fourth-order valence-electron chi connectivity index (χ4n) is 3.08. The van der Waals surface area contributed by atoms with Crippen molar-refractivity contribution in [1.29, 1.82) is 0 Å². The van der Waals surface area contributed by atoms with Crippen LogP contribution in [0, 0.1) is 0 Å². The first-order valence-corrected chi connectivity index (χ1v) is 12.0. The summed E-state index contributed by atoms with van der Waals surface area (Å²) in [6.07, 6.45) is 10.8. The van der Waals surface area contributed by atoms with Gasteiger partial charge in [0.25, 0.3) is 0 Å². The summed E-state index contributed by atoms with van der Waals surface area (Å²) in [6, 6.07) is 16.1. The van der Waals surface area contributed by atoms with E-state index >= 15 is 0 Å². The highest BCUT2D eigenvalue weighted by Crippen LogP contribution is 2.46. The average Bonchev–Trinajstić information content (AvgIpc) is 2.74. The minimum atomic E-state index is -1.01. The summed E-state index contributed by atoms with van der Waals surface area (Å²) < 4.78 is 0. The summed E-state index contributed by atoms with van der Waals surface area (Å²) in [5.74, 6) is 1.14. The second kappa shape index (κ2) is 7.67. The van der Waals surface area contributed by atoms with Crippen molar-refractivity contribution >= 4 is 49.4 Å². The topological polar surface area (TPSA) is 20.3 Å². The lowest BCUT2D eigenvalue weighted by atomic mass is 10.1. The standard InChI is InChI=1S/C21H24ClNOS/c1-25(2,22)16-8-7-13-21(24)23-19-11-5-3-9-17(19)14-15-18-10-4-6-12-20(18)23/h3-6,9-12,14-15H,7-8,13,16H2,1-2H3. The summed E-state index contributed by atoms with van der Waals surface area (Å²) >= 11 is 0. The molecule has 3 rings (SSSR count). The molecule has 0 fully saturated rings. The van der Waals surface area contributed by atoms with Gasteiger partial charge in [-0.15, -0.1) is 0 Å². The number of unbranched alkanes of at least 4 members (excludes halogenated alkanes) is 1. The molecule has 1 amide bonds. The molecular formula is C21H24ClNOS. The Morgan fingerprint density at radius 1 is 0.920 bits per heavy atom. The number of halogens is 1. The van der Waals surface area contributed by atoms with E-state index in [1.54, 1.807) is 0 Å². The fraction of sp³-hybridized carbons (Fsp3) is 0.286. The summed E-state index contributed by atoms with van der Waals surface area (Å²) in [5.41, 5.74) is 4.05. The smallest absolute Gasteiger partial charge is 0.231 e. The van der Waals surface area contributed by atoms with Crippen LogP contribution in [0.2, 0.25) is 0 Å². The summed E-state index contributed by atoms with van der Waals surface area (Å²) in [6.45, 7) is 0. The molecule has 1 heterocycles. The van der Waals surface area contributed by atoms with Gasteiger partial charge in [-0.2, -0.15) is 9.24 Å². The molecule has 0 aliphatic carbocycles. The van der Waals surface area contributed by atoms with Crippen LogP contribution in [0.25, 0.3) is 12.2 Å². The van der Waals surface area contributed by atoms with Crippen LogP contribution in [0.3, 0.4) is 0 Å². The van der Waals surface area contributed by atoms with Crippen LogP contribution in [0.5, 0.6) is 0 Å². The van der Waals surface area contributed by atoms with Crippen LogP contribution in [-0.2, 0) is 4.79 Å². The normalized spacial score (nSPS) is 13.8. The largest absolute Gasteiger partial charge is 0.280 e. The number of carbonyl (C=O) groups excluding carboxylic acids is 1. The number of amides is 1. The predicted octanol–water partition coefficient (Wildman–Crippen LogP) is 6.22. The molecule has 25 heavy (non-hydrogen) atoms. The summed E-state index contributed by atoms with van der Waals surface area (Å²) in [4.78, 5) is 15.0. The van der Waals surface area contributed by atoms with E-state index in [0.29, 0.717) is 6.42 Å². The zero-order valence-electron chi connectivity index (χ0n) is 14.7. The Balaban J connectivity index is 1.84. The Labute approximate surface area is 156 Å². The van der Waals surface area contributed by atoms with Crippen LogP contribution in [0.15, 0.2) is 48.5 Å². The zero-order valence-corrected chi connectivity index (χ0v) is 16.3. The lowest BCUT2D eigenvalue weighted by Crippen LogP contribution is -2.26. The number of carbonyl (C=O) groups is 1. The monoisotopic (exact) mass is 373 g/mol. The van der Waals surface area contributed by atoms with Crippen molar-refractivity contribution in [3.05, 3.63) is 59.7 Å². The van der Waals surface area contributed by atoms with Crippen molar-refractivity contribution in [3.63, 3.8) is 0 Å². The molecule has 1 aliphatic heterocycles. The highest BCUT2D eigenvalue weighted by atomic mass is 35.7. The molecule has 2 aromatic carbocycles. The molecule has 0 aromatic heterocycles. The molecule has 2 nitrogen and oxygen atoms in total. The molecule has 0 unspecified atom stereocenters. The van der Waals surface area contributed by atoms with Gasteiger partial charge in [-0.25, -0.2) is 0 Å². The molecule has 1 aliphatic rings. The molecule has 0 saturated carbocycles. The van der Waals surface area contributed by atoms with Crippen LogP contribution in [0.4, 0.5) is 11.4 Å². The van der Waals surface area contributed by atoms with E-state index < -0.39 is 9.24 Å². The Hall–Kier alpha value is -1.71. The maximum atomic E-state index is 13.1. The van der Waals surface area contributed by atoms with Crippen molar-refractivity contribution < 1.29 is 4.79 Å². The van der Waals surface area contributed by atoms with Gasteiger partial charge in [0, 0.05) is 6.42 Å². The quantitative estimate of drug-likeness (QED) is 0.569. The van der Waals surface area contributed by atoms with Gasteiger partial charge in [-0.1, -0.05) is 59.2 Å². The van der Waals surface area contributed by atoms with Crippen molar-refractivity contribution in [3.8, 4) is 0 Å². The number of hydrogen-bond donors (Lipinski definition) is 0. The molecular weight excluding hydrogens is 350 g/mol. The lowest BCUT2D eigenvalue weighted by molar-refractivity contribution is -0.118. The predicted molar refractivity (Wildman–Crippen MR) is 113 cm³/mol. The van der Waals surface area contributed by atoms with E-state index in [2.05, 4.69) is 36.8 Å². The minimum absolute atomic E-state index is 0.144. The SMILES string of the molecule is CS(C)(Cl)CCCCC(=O)N1c2ccccc2C=Cc2ccccc21. The van der Waals surface area contributed by atoms with E-state index in [4.69, 9.17) is 10.7 Å². The number of anilines is 2. The second-order valence-electron chi connectivity index (χ2n) is 6.74. The lowest BCUT2D eigenvalue weighted by Gasteiger charge is -2.25. The first kappa shape index (κ1) is 18.1. The van der Waals surface area contributed by atoms with E-state index in [0.717, 1.165) is 41.1 Å².